The number of hydrogen-bond donors (Lipinski definition) is 0. The predicted octanol–water partition coefficient (Wildman–Crippen LogP) is 4.71. The fraction of sp³-hybridized carbons (Fsp3) is 0. The first kappa shape index (κ1) is 13.6. The highest BCUT2D eigenvalue weighted by Crippen LogP contribution is 2.36. The van der Waals surface area contributed by atoms with Crippen LogP contribution >= 0.6 is 46.1 Å². The Morgan fingerprint density at radius 3 is 2.56 bits per heavy atom. The zero-order valence-electron chi connectivity index (χ0n) is 8.75. The topological polar surface area (TPSA) is 34.1 Å². The lowest BCUT2D eigenvalue weighted by Crippen LogP contribution is -1.81. The van der Waals surface area contributed by atoms with Gasteiger partial charge in [0.25, 0.3) is 5.24 Å². The lowest BCUT2D eigenvalue weighted by molar-refractivity contribution is -0.107. The first-order chi connectivity index (χ1) is 8.49. The summed E-state index contributed by atoms with van der Waals surface area (Å²) in [5.41, 5.74) is 0.794. The minimum Gasteiger partial charge on any atom is -0.276 e. The van der Waals surface area contributed by atoms with E-state index in [-0.39, 0.29) is 0 Å². The Bertz CT molecular complexity index is 673. The third-order valence-corrected chi connectivity index (χ3v) is 4.32. The maximum Gasteiger partial charge on any atom is 0.263 e. The number of fused-ring (bicyclic) bond motifs is 1. The smallest absolute Gasteiger partial charge is 0.263 e. The molecule has 0 bridgehead atoms. The Kier molecular flexibility index (Phi) is 4.07. The number of rotatable bonds is 3. The Morgan fingerprint density at radius 2 is 1.94 bits per heavy atom. The zero-order chi connectivity index (χ0) is 13.3. The largest absolute Gasteiger partial charge is 0.276 e. The summed E-state index contributed by atoms with van der Waals surface area (Å²) in [5.74, 6) is 0. The van der Waals surface area contributed by atoms with Gasteiger partial charge in [-0.05, 0) is 40.9 Å². The molecule has 1 aromatic heterocycles. The van der Waals surface area contributed by atoms with Gasteiger partial charge in [0.2, 0.25) is 5.24 Å². The van der Waals surface area contributed by atoms with Gasteiger partial charge < -0.3 is 0 Å². The molecule has 0 aliphatic heterocycles. The number of halogens is 3. The van der Waals surface area contributed by atoms with Crippen molar-refractivity contribution >= 4 is 72.8 Å². The number of hydrogen-bond acceptors (Lipinski definition) is 3. The highest BCUT2D eigenvalue weighted by Gasteiger charge is 2.15. The molecule has 92 valence electrons. The van der Waals surface area contributed by atoms with Crippen LogP contribution in [0.5, 0.6) is 0 Å². The van der Waals surface area contributed by atoms with Crippen molar-refractivity contribution in [1.82, 2.24) is 0 Å². The molecule has 2 aromatic rings. The molecule has 0 radical (unpaired) electrons. The first-order valence-corrected chi connectivity index (χ1v) is 6.73. The average Bonchev–Trinajstić information content (AvgIpc) is 2.64. The third-order valence-electron chi connectivity index (χ3n) is 2.24. The first-order valence-electron chi connectivity index (χ1n) is 4.78. The Morgan fingerprint density at radius 1 is 1.22 bits per heavy atom. The molecule has 0 unspecified atom stereocenters. The summed E-state index contributed by atoms with van der Waals surface area (Å²) in [6, 6.07) is 5.36. The number of benzene rings is 1. The normalized spacial score (nSPS) is 11.3. The molecule has 0 N–H and O–H groups in total. The van der Waals surface area contributed by atoms with E-state index in [0.717, 1.165) is 15.6 Å². The van der Waals surface area contributed by atoms with E-state index in [4.69, 9.17) is 34.8 Å². The van der Waals surface area contributed by atoms with Crippen molar-refractivity contribution in [3.05, 3.63) is 39.7 Å². The molecule has 0 aliphatic rings. The molecule has 0 spiro atoms. The van der Waals surface area contributed by atoms with Gasteiger partial charge in [-0.25, -0.2) is 0 Å². The standard InChI is InChI=1S/C12H5Cl3O2S/c13-9(16)4-2-6-1-3-7-8(5-6)18-11(10(7)14)12(15)17/h1-5H/b4-2+. The van der Waals surface area contributed by atoms with E-state index in [2.05, 4.69) is 0 Å². The Labute approximate surface area is 122 Å². The van der Waals surface area contributed by atoms with Gasteiger partial charge in [0.05, 0.1) is 5.02 Å². The molecular weight excluding hydrogens is 315 g/mol. The van der Waals surface area contributed by atoms with E-state index < -0.39 is 10.5 Å². The molecule has 0 fully saturated rings. The average molecular weight is 320 g/mol. The van der Waals surface area contributed by atoms with Gasteiger partial charge >= 0.3 is 0 Å². The minimum atomic E-state index is -0.575. The molecule has 2 nitrogen and oxygen atoms in total. The van der Waals surface area contributed by atoms with E-state index in [9.17, 15) is 9.59 Å². The minimum absolute atomic E-state index is 0.322. The van der Waals surface area contributed by atoms with Crippen LogP contribution < -0.4 is 0 Å². The van der Waals surface area contributed by atoms with Crippen LogP contribution in [-0.4, -0.2) is 10.5 Å². The monoisotopic (exact) mass is 318 g/mol. The number of thiophene rings is 1. The molecule has 0 amide bonds. The summed E-state index contributed by atoms with van der Waals surface area (Å²) in [6.07, 6.45) is 2.84. The molecule has 0 saturated carbocycles. The zero-order valence-corrected chi connectivity index (χ0v) is 11.8. The third kappa shape index (κ3) is 2.75. The van der Waals surface area contributed by atoms with Crippen molar-refractivity contribution in [2.75, 3.05) is 0 Å². The second-order valence-corrected chi connectivity index (χ2v) is 5.56. The van der Waals surface area contributed by atoms with E-state index in [1.165, 1.54) is 17.4 Å². The fourth-order valence-corrected chi connectivity index (χ4v) is 3.19. The highest BCUT2D eigenvalue weighted by molar-refractivity contribution is 7.23. The van der Waals surface area contributed by atoms with Crippen molar-refractivity contribution < 1.29 is 9.59 Å². The summed E-state index contributed by atoms with van der Waals surface area (Å²) in [6.45, 7) is 0. The lowest BCUT2D eigenvalue weighted by atomic mass is 10.1. The van der Waals surface area contributed by atoms with E-state index >= 15 is 0 Å². The summed E-state index contributed by atoms with van der Waals surface area (Å²) in [7, 11) is 0. The Balaban J connectivity index is 2.52. The summed E-state index contributed by atoms with van der Waals surface area (Å²) < 4.78 is 0.827. The van der Waals surface area contributed by atoms with Gasteiger partial charge in [-0.3, -0.25) is 9.59 Å². The summed E-state index contributed by atoms with van der Waals surface area (Å²) in [5, 5.41) is 0.00382. The Hall–Kier alpha value is -0.870. The van der Waals surface area contributed by atoms with Crippen LogP contribution in [0.3, 0.4) is 0 Å². The van der Waals surface area contributed by atoms with Crippen LogP contribution in [0.4, 0.5) is 0 Å². The van der Waals surface area contributed by atoms with Crippen molar-refractivity contribution in [3.63, 3.8) is 0 Å². The van der Waals surface area contributed by atoms with Gasteiger partial charge in [0.1, 0.15) is 4.88 Å². The highest BCUT2D eigenvalue weighted by atomic mass is 35.5. The maximum atomic E-state index is 11.2. The van der Waals surface area contributed by atoms with Crippen LogP contribution in [0.15, 0.2) is 24.3 Å². The van der Waals surface area contributed by atoms with Gasteiger partial charge in [-0.15, -0.1) is 11.3 Å². The van der Waals surface area contributed by atoms with Crippen molar-refractivity contribution in [1.29, 1.82) is 0 Å². The van der Waals surface area contributed by atoms with Gasteiger partial charge in [0.15, 0.2) is 0 Å². The lowest BCUT2D eigenvalue weighted by Gasteiger charge is -1.94. The molecule has 6 heteroatoms. The van der Waals surface area contributed by atoms with E-state index in [1.807, 2.05) is 6.07 Å². The van der Waals surface area contributed by atoms with E-state index in [0.29, 0.717) is 9.90 Å². The number of carbonyl (C=O) groups is 2. The maximum absolute atomic E-state index is 11.2. The second kappa shape index (κ2) is 5.41. The molecule has 0 atom stereocenters. The van der Waals surface area contributed by atoms with Gasteiger partial charge in [0, 0.05) is 10.1 Å². The fourth-order valence-electron chi connectivity index (χ4n) is 1.47. The van der Waals surface area contributed by atoms with Crippen LogP contribution in [0.1, 0.15) is 15.2 Å². The summed E-state index contributed by atoms with van der Waals surface area (Å²) >= 11 is 17.9. The number of allylic oxidation sites excluding steroid dienone is 1. The molecule has 18 heavy (non-hydrogen) atoms. The van der Waals surface area contributed by atoms with E-state index in [1.54, 1.807) is 18.2 Å². The SMILES string of the molecule is O=C(Cl)/C=C/c1ccc2c(Cl)c(C(=O)Cl)sc2c1. The summed E-state index contributed by atoms with van der Waals surface area (Å²) in [4.78, 5) is 22.1. The van der Waals surface area contributed by atoms with Crippen molar-refractivity contribution in [2.24, 2.45) is 0 Å². The molecule has 0 aliphatic carbocycles. The second-order valence-electron chi connectivity index (χ2n) is 3.41. The van der Waals surface area contributed by atoms with Crippen molar-refractivity contribution in [3.8, 4) is 0 Å². The van der Waals surface area contributed by atoms with Crippen LogP contribution in [-0.2, 0) is 4.79 Å². The molecule has 0 saturated heterocycles. The van der Waals surface area contributed by atoms with Crippen LogP contribution in [0.25, 0.3) is 16.2 Å². The molecule has 1 heterocycles. The number of carbonyl (C=O) groups excluding carboxylic acids is 2. The quantitative estimate of drug-likeness (QED) is 0.606. The molecule has 1 aromatic carbocycles. The van der Waals surface area contributed by atoms with Crippen LogP contribution in [0, 0.1) is 0 Å². The molecule has 2 rings (SSSR count). The van der Waals surface area contributed by atoms with Gasteiger partial charge in [-0.2, -0.15) is 0 Å². The van der Waals surface area contributed by atoms with Crippen molar-refractivity contribution in [2.45, 2.75) is 0 Å². The van der Waals surface area contributed by atoms with Gasteiger partial charge in [-0.1, -0.05) is 29.8 Å². The predicted molar refractivity (Wildman–Crippen MR) is 76.9 cm³/mol. The van der Waals surface area contributed by atoms with Crippen LogP contribution in [0.2, 0.25) is 5.02 Å². The molecular formula is C12H5Cl3O2S.